The van der Waals surface area contributed by atoms with Gasteiger partial charge in [0.2, 0.25) is 0 Å². The van der Waals surface area contributed by atoms with Crippen LogP contribution in [0.4, 0.5) is 0 Å². The van der Waals surface area contributed by atoms with Crippen LogP contribution in [-0.4, -0.2) is 33.5 Å². The Labute approximate surface area is 175 Å². The number of allylic oxidation sites excluding steroid dienone is 2. The molecule has 3 fully saturated rings. The van der Waals surface area contributed by atoms with Gasteiger partial charge < -0.3 is 15.3 Å². The van der Waals surface area contributed by atoms with Crippen LogP contribution in [-0.2, 0) is 4.79 Å². The Morgan fingerprint density at radius 2 is 1.97 bits per heavy atom. The molecular formula is C25H38O4. The van der Waals surface area contributed by atoms with E-state index >= 15 is 0 Å². The van der Waals surface area contributed by atoms with Gasteiger partial charge in [0.25, 0.3) is 0 Å². The normalized spacial score (nSPS) is 34.6. The fourth-order valence-corrected chi connectivity index (χ4v) is 5.92. The Morgan fingerprint density at radius 1 is 1.21 bits per heavy atom. The predicted molar refractivity (Wildman–Crippen MR) is 114 cm³/mol. The van der Waals surface area contributed by atoms with Crippen LogP contribution in [0.5, 0.6) is 0 Å². The number of aliphatic carboxylic acids is 1. The van der Waals surface area contributed by atoms with Crippen molar-refractivity contribution in [3.05, 3.63) is 11.6 Å². The molecule has 6 unspecified atom stereocenters. The van der Waals surface area contributed by atoms with E-state index in [4.69, 9.17) is 5.11 Å². The van der Waals surface area contributed by atoms with Crippen LogP contribution in [0.15, 0.2) is 11.6 Å². The molecule has 0 aliphatic heterocycles. The van der Waals surface area contributed by atoms with Gasteiger partial charge in [-0.3, -0.25) is 4.79 Å². The molecule has 0 amide bonds. The van der Waals surface area contributed by atoms with Crippen LogP contribution >= 0.6 is 0 Å². The minimum atomic E-state index is -0.748. The third-order valence-electron chi connectivity index (χ3n) is 7.49. The molecule has 0 aromatic carbocycles. The summed E-state index contributed by atoms with van der Waals surface area (Å²) in [7, 11) is 0. The number of carboxylic acids is 1. The van der Waals surface area contributed by atoms with Crippen molar-refractivity contribution in [2.24, 2.45) is 29.6 Å². The number of carboxylic acid groups (broad SMARTS) is 1. The molecule has 3 aliphatic rings. The van der Waals surface area contributed by atoms with E-state index in [2.05, 4.69) is 24.8 Å². The van der Waals surface area contributed by atoms with E-state index in [1.807, 2.05) is 0 Å². The first-order valence-electron chi connectivity index (χ1n) is 11.8. The van der Waals surface area contributed by atoms with Crippen molar-refractivity contribution in [1.82, 2.24) is 0 Å². The molecule has 3 saturated carbocycles. The van der Waals surface area contributed by atoms with Gasteiger partial charge in [-0.15, -0.1) is 0 Å². The summed E-state index contributed by atoms with van der Waals surface area (Å²) in [5, 5.41) is 30.2. The Kier molecular flexibility index (Phi) is 8.21. The van der Waals surface area contributed by atoms with E-state index in [-0.39, 0.29) is 18.3 Å². The largest absolute Gasteiger partial charge is 0.481 e. The third-order valence-corrected chi connectivity index (χ3v) is 7.49. The molecule has 0 aromatic heterocycles. The Morgan fingerprint density at radius 3 is 2.66 bits per heavy atom. The van der Waals surface area contributed by atoms with Crippen LogP contribution in [0.2, 0.25) is 0 Å². The maximum atomic E-state index is 10.9. The summed E-state index contributed by atoms with van der Waals surface area (Å²) in [6.45, 7) is 2.19. The highest BCUT2D eigenvalue weighted by Gasteiger charge is 2.52. The van der Waals surface area contributed by atoms with Crippen LogP contribution in [0.1, 0.15) is 84.0 Å². The first kappa shape index (κ1) is 22.4. The van der Waals surface area contributed by atoms with Crippen molar-refractivity contribution >= 4 is 5.97 Å². The van der Waals surface area contributed by atoms with Crippen LogP contribution < -0.4 is 0 Å². The van der Waals surface area contributed by atoms with E-state index in [1.54, 1.807) is 0 Å². The first-order valence-corrected chi connectivity index (χ1v) is 11.8. The molecule has 29 heavy (non-hydrogen) atoms. The quantitative estimate of drug-likeness (QED) is 0.431. The predicted octanol–water partition coefficient (Wildman–Crippen LogP) is 4.55. The van der Waals surface area contributed by atoms with Gasteiger partial charge in [-0.1, -0.05) is 62.5 Å². The van der Waals surface area contributed by atoms with Gasteiger partial charge in [0.1, 0.15) is 6.10 Å². The molecule has 0 aromatic rings. The summed E-state index contributed by atoms with van der Waals surface area (Å²) in [5.41, 5.74) is 1.41. The zero-order valence-corrected chi connectivity index (χ0v) is 17.9. The van der Waals surface area contributed by atoms with Gasteiger partial charge in [0, 0.05) is 6.42 Å². The lowest BCUT2D eigenvalue weighted by Gasteiger charge is -2.55. The molecule has 0 heterocycles. The smallest absolute Gasteiger partial charge is 0.303 e. The van der Waals surface area contributed by atoms with E-state index in [0.717, 1.165) is 44.9 Å². The maximum Gasteiger partial charge on any atom is 0.303 e. The summed E-state index contributed by atoms with van der Waals surface area (Å²) < 4.78 is 0. The SMILES string of the molecule is CCCCC1C(=CCCC(=O)O)C2CCC(O)C(C#CC(O)C3CCCCC3)C12. The van der Waals surface area contributed by atoms with Crippen molar-refractivity contribution in [1.29, 1.82) is 0 Å². The lowest BCUT2D eigenvalue weighted by atomic mass is 9.50. The van der Waals surface area contributed by atoms with Crippen molar-refractivity contribution < 1.29 is 20.1 Å². The lowest BCUT2D eigenvalue weighted by Crippen LogP contribution is -2.51. The maximum absolute atomic E-state index is 10.9. The van der Waals surface area contributed by atoms with E-state index < -0.39 is 18.2 Å². The molecule has 0 bridgehead atoms. The van der Waals surface area contributed by atoms with Crippen molar-refractivity contribution in [2.75, 3.05) is 0 Å². The summed E-state index contributed by atoms with van der Waals surface area (Å²) in [5.74, 6) is 7.14. The standard InChI is InChI=1S/C25H38O4/c1-2-3-10-19-18(11-7-12-24(28)29)20-13-16-23(27)21(25(19)20)14-15-22(26)17-8-5-4-6-9-17/h11,17,19-23,25-27H,2-10,12-13,16H2,1H3,(H,28,29). The molecule has 0 radical (unpaired) electrons. The van der Waals surface area contributed by atoms with Crippen LogP contribution in [0, 0.1) is 41.4 Å². The van der Waals surface area contributed by atoms with Gasteiger partial charge >= 0.3 is 5.97 Å². The summed E-state index contributed by atoms with van der Waals surface area (Å²) in [6, 6.07) is 0. The number of aliphatic hydroxyl groups excluding tert-OH is 2. The highest BCUT2D eigenvalue weighted by Crippen LogP contribution is 2.57. The van der Waals surface area contributed by atoms with Gasteiger partial charge in [-0.2, -0.15) is 0 Å². The van der Waals surface area contributed by atoms with E-state index in [0.29, 0.717) is 24.2 Å². The third kappa shape index (κ3) is 5.44. The Balaban J connectivity index is 1.72. The number of aliphatic hydroxyl groups is 2. The number of unbranched alkanes of at least 4 members (excludes halogenated alkanes) is 1. The molecule has 3 aliphatic carbocycles. The number of hydrogen-bond donors (Lipinski definition) is 3. The van der Waals surface area contributed by atoms with Gasteiger partial charge in [0.05, 0.1) is 12.0 Å². The summed E-state index contributed by atoms with van der Waals surface area (Å²) in [6.07, 6.45) is 12.8. The number of hydrogen-bond acceptors (Lipinski definition) is 3. The van der Waals surface area contributed by atoms with Crippen molar-refractivity contribution in [3.8, 4) is 11.8 Å². The highest BCUT2D eigenvalue weighted by atomic mass is 16.4. The van der Waals surface area contributed by atoms with E-state index in [1.165, 1.54) is 24.8 Å². The minimum absolute atomic E-state index is 0.0644. The zero-order chi connectivity index (χ0) is 20.8. The van der Waals surface area contributed by atoms with Crippen molar-refractivity contribution in [3.63, 3.8) is 0 Å². The summed E-state index contributed by atoms with van der Waals surface area (Å²) in [4.78, 5) is 10.9. The number of rotatable bonds is 7. The molecule has 0 saturated heterocycles. The van der Waals surface area contributed by atoms with Crippen LogP contribution in [0.3, 0.4) is 0 Å². The minimum Gasteiger partial charge on any atom is -0.481 e. The van der Waals surface area contributed by atoms with Crippen molar-refractivity contribution in [2.45, 2.75) is 96.2 Å². The molecule has 4 heteroatoms. The monoisotopic (exact) mass is 402 g/mol. The highest BCUT2D eigenvalue weighted by molar-refractivity contribution is 5.66. The van der Waals surface area contributed by atoms with Gasteiger partial charge in [0.15, 0.2) is 0 Å². The first-order chi connectivity index (χ1) is 14.0. The molecular weight excluding hydrogens is 364 g/mol. The van der Waals surface area contributed by atoms with Gasteiger partial charge in [-0.05, 0) is 62.2 Å². The topological polar surface area (TPSA) is 77.8 Å². The second-order valence-electron chi connectivity index (χ2n) is 9.37. The zero-order valence-electron chi connectivity index (χ0n) is 17.9. The number of carbonyl (C=O) groups is 1. The second-order valence-corrected chi connectivity index (χ2v) is 9.37. The fourth-order valence-electron chi connectivity index (χ4n) is 5.92. The summed E-state index contributed by atoms with van der Waals surface area (Å²) >= 11 is 0. The molecule has 4 nitrogen and oxygen atoms in total. The van der Waals surface area contributed by atoms with Crippen LogP contribution in [0.25, 0.3) is 0 Å². The molecule has 3 N–H and O–H groups in total. The molecule has 3 rings (SSSR count). The molecule has 0 spiro atoms. The Hall–Kier alpha value is -1.31. The number of fused-ring (bicyclic) bond motifs is 1. The fraction of sp³-hybridized carbons (Fsp3) is 0.800. The lowest BCUT2D eigenvalue weighted by molar-refractivity contribution is -0.136. The van der Waals surface area contributed by atoms with Gasteiger partial charge in [-0.25, -0.2) is 0 Å². The average molecular weight is 403 g/mol. The average Bonchev–Trinajstić information content (AvgIpc) is 2.71. The molecule has 162 valence electrons. The second kappa shape index (κ2) is 10.6. The van der Waals surface area contributed by atoms with E-state index in [9.17, 15) is 15.0 Å². The Bertz CT molecular complexity index is 637. The molecule has 6 atom stereocenters.